The van der Waals surface area contributed by atoms with E-state index in [2.05, 4.69) is 18.7 Å². The van der Waals surface area contributed by atoms with Crippen LogP contribution < -0.4 is 5.73 Å². The molecule has 2 rings (SSSR count). The van der Waals surface area contributed by atoms with E-state index in [4.69, 9.17) is 5.73 Å². The molecule has 1 aliphatic heterocycles. The molecule has 1 aromatic carbocycles. The molecule has 0 aromatic heterocycles. The van der Waals surface area contributed by atoms with Crippen LogP contribution in [0.5, 0.6) is 0 Å². The van der Waals surface area contributed by atoms with Gasteiger partial charge in [-0.15, -0.1) is 0 Å². The predicted octanol–water partition coefficient (Wildman–Crippen LogP) is 2.27. The van der Waals surface area contributed by atoms with E-state index < -0.39 is 0 Å². The fourth-order valence-corrected chi connectivity index (χ4v) is 3.42. The Morgan fingerprint density at radius 2 is 2.09 bits per heavy atom. The van der Waals surface area contributed by atoms with E-state index in [1.807, 2.05) is 42.3 Å². The first-order chi connectivity index (χ1) is 10.5. The Morgan fingerprint density at radius 1 is 1.41 bits per heavy atom. The van der Waals surface area contributed by atoms with Gasteiger partial charge in [-0.1, -0.05) is 44.2 Å². The van der Waals surface area contributed by atoms with Crippen molar-refractivity contribution in [2.24, 2.45) is 11.7 Å². The maximum Gasteiger partial charge on any atom is 0.224 e. The SMILES string of the molecule is CCN1CC[C@H](N(C)C(=O)C[C@@H](N)c2ccccc2)[C@@H](C)C1. The number of nitrogens with two attached hydrogens (primary N) is 1. The number of hydrogen-bond acceptors (Lipinski definition) is 3. The summed E-state index contributed by atoms with van der Waals surface area (Å²) in [5.74, 6) is 0.661. The fraction of sp³-hybridized carbons (Fsp3) is 0.611. The summed E-state index contributed by atoms with van der Waals surface area (Å²) >= 11 is 0. The van der Waals surface area contributed by atoms with Crippen LogP contribution in [0.3, 0.4) is 0 Å². The lowest BCUT2D eigenvalue weighted by molar-refractivity contribution is -0.134. The molecule has 22 heavy (non-hydrogen) atoms. The zero-order chi connectivity index (χ0) is 16.1. The van der Waals surface area contributed by atoms with Crippen LogP contribution >= 0.6 is 0 Å². The Labute approximate surface area is 134 Å². The Morgan fingerprint density at radius 3 is 2.68 bits per heavy atom. The normalized spacial score (nSPS) is 24.0. The van der Waals surface area contributed by atoms with Crippen molar-refractivity contribution < 1.29 is 4.79 Å². The predicted molar refractivity (Wildman–Crippen MR) is 90.4 cm³/mol. The highest BCUT2D eigenvalue weighted by Gasteiger charge is 2.31. The topological polar surface area (TPSA) is 49.6 Å². The molecular weight excluding hydrogens is 274 g/mol. The van der Waals surface area contributed by atoms with Crippen LogP contribution in [0.1, 0.15) is 38.3 Å². The first-order valence-electron chi connectivity index (χ1n) is 8.31. The van der Waals surface area contributed by atoms with Gasteiger partial charge < -0.3 is 15.5 Å². The van der Waals surface area contributed by atoms with Crippen LogP contribution in [0.15, 0.2) is 30.3 Å². The number of hydrogen-bond donors (Lipinski definition) is 1. The van der Waals surface area contributed by atoms with Gasteiger partial charge in [-0.2, -0.15) is 0 Å². The zero-order valence-electron chi connectivity index (χ0n) is 14.0. The van der Waals surface area contributed by atoms with Gasteiger partial charge in [-0.3, -0.25) is 4.79 Å². The van der Waals surface area contributed by atoms with Gasteiger partial charge in [0.15, 0.2) is 0 Å². The molecule has 0 aliphatic carbocycles. The van der Waals surface area contributed by atoms with Crippen LogP contribution in [0.4, 0.5) is 0 Å². The molecule has 3 atom stereocenters. The monoisotopic (exact) mass is 303 g/mol. The third kappa shape index (κ3) is 4.08. The summed E-state index contributed by atoms with van der Waals surface area (Å²) in [6.45, 7) is 7.68. The van der Waals surface area contributed by atoms with Crippen molar-refractivity contribution in [1.82, 2.24) is 9.80 Å². The Balaban J connectivity index is 1.92. The molecule has 1 heterocycles. The van der Waals surface area contributed by atoms with Crippen LogP contribution in [0.25, 0.3) is 0 Å². The lowest BCUT2D eigenvalue weighted by Crippen LogP contribution is -2.50. The molecule has 0 spiro atoms. The molecule has 1 aliphatic rings. The highest BCUT2D eigenvalue weighted by molar-refractivity contribution is 5.77. The molecule has 1 saturated heterocycles. The Hall–Kier alpha value is -1.39. The number of carbonyl (C=O) groups is 1. The van der Waals surface area contributed by atoms with Crippen LogP contribution in [0.2, 0.25) is 0 Å². The van der Waals surface area contributed by atoms with Crippen molar-refractivity contribution in [3.8, 4) is 0 Å². The first kappa shape index (κ1) is 17.0. The summed E-state index contributed by atoms with van der Waals surface area (Å²) in [5.41, 5.74) is 7.21. The minimum Gasteiger partial charge on any atom is -0.342 e. The molecule has 0 saturated carbocycles. The van der Waals surface area contributed by atoms with E-state index in [0.29, 0.717) is 18.4 Å². The van der Waals surface area contributed by atoms with E-state index in [-0.39, 0.29) is 11.9 Å². The summed E-state index contributed by atoms with van der Waals surface area (Å²) in [7, 11) is 1.93. The Kier molecular flexibility index (Phi) is 5.98. The van der Waals surface area contributed by atoms with Gasteiger partial charge in [-0.05, 0) is 24.4 Å². The third-order valence-electron chi connectivity index (χ3n) is 4.90. The molecule has 0 radical (unpaired) electrons. The molecule has 1 amide bonds. The maximum absolute atomic E-state index is 12.6. The lowest BCUT2D eigenvalue weighted by atomic mass is 9.92. The fourth-order valence-electron chi connectivity index (χ4n) is 3.42. The van der Waals surface area contributed by atoms with E-state index >= 15 is 0 Å². The summed E-state index contributed by atoms with van der Waals surface area (Å²) in [6.07, 6.45) is 1.43. The zero-order valence-corrected chi connectivity index (χ0v) is 14.0. The molecule has 0 unspecified atom stereocenters. The second kappa shape index (κ2) is 7.75. The quantitative estimate of drug-likeness (QED) is 0.908. The first-order valence-corrected chi connectivity index (χ1v) is 8.31. The summed E-state index contributed by atoms with van der Waals surface area (Å²) in [6, 6.07) is 9.98. The van der Waals surface area contributed by atoms with E-state index in [0.717, 1.165) is 31.6 Å². The molecule has 0 bridgehead atoms. The number of likely N-dealkylation sites (tertiary alicyclic amines) is 1. The van der Waals surface area contributed by atoms with Crippen molar-refractivity contribution in [2.75, 3.05) is 26.7 Å². The number of piperidine rings is 1. The molecule has 1 aromatic rings. The van der Waals surface area contributed by atoms with Gasteiger partial charge in [0, 0.05) is 38.6 Å². The van der Waals surface area contributed by atoms with Gasteiger partial charge in [0.25, 0.3) is 0 Å². The molecule has 4 nitrogen and oxygen atoms in total. The average Bonchev–Trinajstić information content (AvgIpc) is 2.54. The second-order valence-electron chi connectivity index (χ2n) is 6.45. The van der Waals surface area contributed by atoms with Crippen molar-refractivity contribution in [2.45, 2.75) is 38.8 Å². The molecular formula is C18H29N3O. The minimum atomic E-state index is -0.220. The summed E-state index contributed by atoms with van der Waals surface area (Å²) in [5, 5.41) is 0. The number of benzene rings is 1. The molecule has 122 valence electrons. The molecule has 2 N–H and O–H groups in total. The van der Waals surface area contributed by atoms with Gasteiger partial charge in [0.05, 0.1) is 0 Å². The smallest absolute Gasteiger partial charge is 0.224 e. The van der Waals surface area contributed by atoms with Crippen LogP contribution in [0, 0.1) is 5.92 Å². The van der Waals surface area contributed by atoms with Crippen molar-refractivity contribution >= 4 is 5.91 Å². The number of carbonyl (C=O) groups excluding carboxylic acids is 1. The Bertz CT molecular complexity index is 476. The van der Waals surface area contributed by atoms with Gasteiger partial charge in [0.2, 0.25) is 5.91 Å². The lowest BCUT2D eigenvalue weighted by Gasteiger charge is -2.41. The number of nitrogens with zero attached hydrogens (tertiary/aromatic N) is 2. The summed E-state index contributed by atoms with van der Waals surface area (Å²) in [4.78, 5) is 16.9. The molecule has 1 fully saturated rings. The highest BCUT2D eigenvalue weighted by Crippen LogP contribution is 2.23. The second-order valence-corrected chi connectivity index (χ2v) is 6.45. The highest BCUT2D eigenvalue weighted by atomic mass is 16.2. The van der Waals surface area contributed by atoms with Crippen molar-refractivity contribution in [3.63, 3.8) is 0 Å². The standard InChI is InChI=1S/C18H29N3O/c1-4-21-11-10-17(14(2)13-21)20(3)18(22)12-16(19)15-8-6-5-7-9-15/h5-9,14,16-17H,4,10-13,19H2,1-3H3/t14-,16+,17-/m0/s1. The van der Waals surface area contributed by atoms with Crippen LogP contribution in [-0.2, 0) is 4.79 Å². The minimum absolute atomic E-state index is 0.151. The number of amides is 1. The van der Waals surface area contributed by atoms with Crippen molar-refractivity contribution in [3.05, 3.63) is 35.9 Å². The van der Waals surface area contributed by atoms with Crippen LogP contribution in [-0.4, -0.2) is 48.4 Å². The van der Waals surface area contributed by atoms with Gasteiger partial charge >= 0.3 is 0 Å². The van der Waals surface area contributed by atoms with E-state index in [1.54, 1.807) is 0 Å². The van der Waals surface area contributed by atoms with E-state index in [1.165, 1.54) is 0 Å². The van der Waals surface area contributed by atoms with Gasteiger partial charge in [-0.25, -0.2) is 0 Å². The maximum atomic E-state index is 12.6. The van der Waals surface area contributed by atoms with E-state index in [9.17, 15) is 4.79 Å². The number of rotatable bonds is 5. The average molecular weight is 303 g/mol. The third-order valence-corrected chi connectivity index (χ3v) is 4.90. The molecule has 4 heteroatoms. The summed E-state index contributed by atoms with van der Waals surface area (Å²) < 4.78 is 0. The van der Waals surface area contributed by atoms with Gasteiger partial charge in [0.1, 0.15) is 0 Å². The largest absolute Gasteiger partial charge is 0.342 e. The van der Waals surface area contributed by atoms with Crippen molar-refractivity contribution in [1.29, 1.82) is 0 Å².